The van der Waals surface area contributed by atoms with Crippen molar-refractivity contribution in [3.63, 3.8) is 0 Å². The summed E-state index contributed by atoms with van der Waals surface area (Å²) in [4.78, 5) is 25.1. The summed E-state index contributed by atoms with van der Waals surface area (Å²) in [5.74, 6) is -1.76. The Balaban J connectivity index is 2.79. The first-order valence-electron chi connectivity index (χ1n) is 7.56. The molecule has 0 heterocycles. The minimum atomic E-state index is -0.898. The van der Waals surface area contributed by atoms with Crippen molar-refractivity contribution >= 4 is 27.8 Å². The van der Waals surface area contributed by atoms with Gasteiger partial charge in [-0.05, 0) is 30.5 Å². The summed E-state index contributed by atoms with van der Waals surface area (Å²) in [6.07, 6.45) is 1.21. The number of carbonyl (C=O) groups is 2. The average molecular weight is 386 g/mol. The van der Waals surface area contributed by atoms with Crippen LogP contribution in [0.1, 0.15) is 18.9 Å². The van der Waals surface area contributed by atoms with Crippen LogP contribution in [0.2, 0.25) is 0 Å². The van der Waals surface area contributed by atoms with E-state index in [1.807, 2.05) is 24.3 Å². The summed E-state index contributed by atoms with van der Waals surface area (Å²) in [5.41, 5.74) is 1.06. The van der Waals surface area contributed by atoms with Crippen LogP contribution in [0.15, 0.2) is 28.7 Å². The maximum Gasteiger partial charge on any atom is 0.308 e. The molecule has 0 saturated heterocycles. The highest BCUT2D eigenvalue weighted by Crippen LogP contribution is 2.19. The molecule has 5 nitrogen and oxygen atoms in total. The molecule has 1 amide bonds. The van der Waals surface area contributed by atoms with Crippen LogP contribution in [0, 0.1) is 11.8 Å². The van der Waals surface area contributed by atoms with Crippen LogP contribution < -0.4 is 0 Å². The van der Waals surface area contributed by atoms with Crippen molar-refractivity contribution < 1.29 is 19.4 Å². The highest BCUT2D eigenvalue weighted by molar-refractivity contribution is 9.10. The van der Waals surface area contributed by atoms with Gasteiger partial charge in [-0.25, -0.2) is 0 Å². The lowest BCUT2D eigenvalue weighted by Crippen LogP contribution is -2.38. The van der Waals surface area contributed by atoms with E-state index in [4.69, 9.17) is 9.84 Å². The molecule has 1 aromatic rings. The number of hydrogen-bond acceptors (Lipinski definition) is 3. The molecule has 0 saturated carbocycles. The molecule has 0 spiro atoms. The third kappa shape index (κ3) is 6.71. The fraction of sp³-hybridized carbons (Fsp3) is 0.529. The van der Waals surface area contributed by atoms with Crippen LogP contribution in [-0.2, 0) is 20.7 Å². The fourth-order valence-corrected chi connectivity index (χ4v) is 2.86. The molecule has 128 valence electrons. The number of halogens is 1. The molecule has 1 N–H and O–H groups in total. The highest BCUT2D eigenvalue weighted by atomic mass is 79.9. The number of nitrogens with zero attached hydrogens (tertiary/aromatic N) is 1. The Morgan fingerprint density at radius 3 is 2.65 bits per heavy atom. The molecule has 2 unspecified atom stereocenters. The van der Waals surface area contributed by atoms with Crippen LogP contribution in [0.25, 0.3) is 0 Å². The lowest BCUT2D eigenvalue weighted by molar-refractivity contribution is -0.143. The number of amides is 1. The Morgan fingerprint density at radius 2 is 2.09 bits per heavy atom. The van der Waals surface area contributed by atoms with Crippen molar-refractivity contribution in [1.82, 2.24) is 4.90 Å². The predicted molar refractivity (Wildman–Crippen MR) is 92.3 cm³/mol. The van der Waals surface area contributed by atoms with Gasteiger partial charge in [0.15, 0.2) is 0 Å². The molecule has 1 rings (SSSR count). The zero-order chi connectivity index (χ0) is 17.4. The van der Waals surface area contributed by atoms with Gasteiger partial charge in [-0.1, -0.05) is 35.0 Å². The highest BCUT2D eigenvalue weighted by Gasteiger charge is 2.25. The largest absolute Gasteiger partial charge is 0.481 e. The van der Waals surface area contributed by atoms with E-state index in [2.05, 4.69) is 15.9 Å². The number of carboxylic acid groups (broad SMARTS) is 1. The smallest absolute Gasteiger partial charge is 0.308 e. The van der Waals surface area contributed by atoms with E-state index in [0.29, 0.717) is 19.4 Å². The van der Waals surface area contributed by atoms with Gasteiger partial charge in [0.25, 0.3) is 0 Å². The first kappa shape index (κ1) is 19.6. The van der Waals surface area contributed by atoms with Gasteiger partial charge < -0.3 is 14.7 Å². The molecule has 0 aliphatic heterocycles. The molecule has 0 fully saturated rings. The van der Waals surface area contributed by atoms with E-state index >= 15 is 0 Å². The summed E-state index contributed by atoms with van der Waals surface area (Å²) >= 11 is 3.43. The number of carbonyl (C=O) groups excluding carboxylic acids is 1. The first-order chi connectivity index (χ1) is 10.8. The number of methoxy groups -OCH3 is 1. The van der Waals surface area contributed by atoms with Crippen LogP contribution in [0.3, 0.4) is 0 Å². The van der Waals surface area contributed by atoms with Crippen LogP contribution in [0.5, 0.6) is 0 Å². The minimum absolute atomic E-state index is 0.0462. The van der Waals surface area contributed by atoms with E-state index in [9.17, 15) is 9.59 Å². The van der Waals surface area contributed by atoms with Crippen LogP contribution in [-0.4, -0.2) is 49.2 Å². The summed E-state index contributed by atoms with van der Waals surface area (Å²) < 4.78 is 6.08. The molecular formula is C17H24BrNO4. The minimum Gasteiger partial charge on any atom is -0.481 e. The number of ether oxygens (including phenoxy) is 1. The number of aliphatic carboxylic acids is 1. The van der Waals surface area contributed by atoms with E-state index in [1.165, 1.54) is 4.90 Å². The van der Waals surface area contributed by atoms with Crippen molar-refractivity contribution in [2.75, 3.05) is 27.3 Å². The Labute approximate surface area is 145 Å². The number of carboxylic acids is 1. The maximum atomic E-state index is 12.7. The molecule has 0 bridgehead atoms. The molecular weight excluding hydrogens is 362 g/mol. The molecule has 0 aromatic heterocycles. The van der Waals surface area contributed by atoms with Crippen molar-refractivity contribution in [2.24, 2.45) is 11.8 Å². The van der Waals surface area contributed by atoms with E-state index in [0.717, 1.165) is 10.0 Å². The standard InChI is InChI=1S/C17H24BrNO4/c1-12(17(21)22)11-19(2)16(20)14(7-8-23-3)9-13-5-4-6-15(18)10-13/h4-6,10,12,14H,7-9,11H2,1-3H3,(H,21,22). The number of benzene rings is 1. The molecule has 1 aromatic carbocycles. The summed E-state index contributed by atoms with van der Waals surface area (Å²) in [6, 6.07) is 7.86. The lowest BCUT2D eigenvalue weighted by atomic mass is 9.94. The molecule has 23 heavy (non-hydrogen) atoms. The van der Waals surface area contributed by atoms with E-state index < -0.39 is 11.9 Å². The van der Waals surface area contributed by atoms with Crippen LogP contribution >= 0.6 is 15.9 Å². The van der Waals surface area contributed by atoms with Gasteiger partial charge >= 0.3 is 5.97 Å². The quantitative estimate of drug-likeness (QED) is 0.709. The second-order valence-corrected chi connectivity index (χ2v) is 6.69. The predicted octanol–water partition coefficient (Wildman–Crippen LogP) is 2.82. The number of rotatable bonds is 9. The van der Waals surface area contributed by atoms with Gasteiger partial charge in [0.05, 0.1) is 5.92 Å². The Bertz CT molecular complexity index is 535. The summed E-state index contributed by atoms with van der Waals surface area (Å²) in [7, 11) is 3.26. The second kappa shape index (κ2) is 9.67. The second-order valence-electron chi connectivity index (χ2n) is 5.77. The van der Waals surface area contributed by atoms with Crippen molar-refractivity contribution in [3.8, 4) is 0 Å². The SMILES string of the molecule is COCCC(Cc1cccc(Br)c1)C(=O)N(C)CC(C)C(=O)O. The van der Waals surface area contributed by atoms with E-state index in [-0.39, 0.29) is 18.4 Å². The zero-order valence-electron chi connectivity index (χ0n) is 13.8. The number of hydrogen-bond donors (Lipinski definition) is 1. The average Bonchev–Trinajstić information content (AvgIpc) is 2.50. The molecule has 0 aliphatic carbocycles. The molecule has 0 aliphatic rings. The first-order valence-corrected chi connectivity index (χ1v) is 8.35. The summed E-state index contributed by atoms with van der Waals surface area (Å²) in [5, 5.41) is 9.00. The van der Waals surface area contributed by atoms with Crippen LogP contribution in [0.4, 0.5) is 0 Å². The van der Waals surface area contributed by atoms with Gasteiger partial charge in [-0.15, -0.1) is 0 Å². The van der Waals surface area contributed by atoms with Gasteiger partial charge in [-0.3, -0.25) is 9.59 Å². The molecule has 2 atom stereocenters. The van der Waals surface area contributed by atoms with E-state index in [1.54, 1.807) is 21.1 Å². The Kier molecular flexibility index (Phi) is 8.26. The van der Waals surface area contributed by atoms with Gasteiger partial charge in [0.2, 0.25) is 5.91 Å². The fourth-order valence-electron chi connectivity index (χ4n) is 2.41. The molecule has 0 radical (unpaired) electrons. The molecule has 6 heteroatoms. The third-order valence-corrected chi connectivity index (χ3v) is 4.23. The summed E-state index contributed by atoms with van der Waals surface area (Å²) in [6.45, 7) is 2.30. The monoisotopic (exact) mass is 385 g/mol. The van der Waals surface area contributed by atoms with Crippen molar-refractivity contribution in [1.29, 1.82) is 0 Å². The maximum absolute atomic E-state index is 12.7. The van der Waals surface area contributed by atoms with Gasteiger partial charge in [0.1, 0.15) is 0 Å². The van der Waals surface area contributed by atoms with Crippen molar-refractivity contribution in [2.45, 2.75) is 19.8 Å². The zero-order valence-corrected chi connectivity index (χ0v) is 15.4. The topological polar surface area (TPSA) is 66.8 Å². The van der Waals surface area contributed by atoms with Gasteiger partial charge in [-0.2, -0.15) is 0 Å². The normalized spacial score (nSPS) is 13.4. The lowest BCUT2D eigenvalue weighted by Gasteiger charge is -2.25. The van der Waals surface area contributed by atoms with Crippen molar-refractivity contribution in [3.05, 3.63) is 34.3 Å². The Hall–Kier alpha value is -1.40. The Morgan fingerprint density at radius 1 is 1.39 bits per heavy atom. The third-order valence-electron chi connectivity index (χ3n) is 3.74. The van der Waals surface area contributed by atoms with Gasteiger partial charge in [0, 0.05) is 37.7 Å².